The van der Waals surface area contributed by atoms with E-state index in [1.807, 2.05) is 25.1 Å². The fourth-order valence-corrected chi connectivity index (χ4v) is 2.28. The minimum Gasteiger partial charge on any atom is -0.497 e. The van der Waals surface area contributed by atoms with Crippen LogP contribution in [-0.4, -0.2) is 7.11 Å². The van der Waals surface area contributed by atoms with E-state index >= 15 is 0 Å². The first kappa shape index (κ1) is 14.5. The van der Waals surface area contributed by atoms with Crippen molar-refractivity contribution in [2.45, 2.75) is 19.4 Å². The summed E-state index contributed by atoms with van der Waals surface area (Å²) in [5, 5.41) is 0. The molecule has 2 aromatic carbocycles. The summed E-state index contributed by atoms with van der Waals surface area (Å²) in [6.45, 7) is 1.93. The van der Waals surface area contributed by atoms with Gasteiger partial charge in [-0.2, -0.15) is 0 Å². The molecule has 0 spiro atoms. The standard InChI is InChI=1S/C16H17F2NO/c1-10-5-14(20-2)3-4-15(10)16(19)8-11-6-12(17)9-13(18)7-11/h3-7,9,16H,8,19H2,1-2H3. The average Bonchev–Trinajstić information content (AvgIpc) is 2.36. The molecular formula is C16H17F2NO. The van der Waals surface area contributed by atoms with E-state index in [-0.39, 0.29) is 6.04 Å². The van der Waals surface area contributed by atoms with Crippen molar-refractivity contribution in [3.8, 4) is 5.75 Å². The molecule has 0 heterocycles. The number of halogens is 2. The molecule has 0 saturated carbocycles. The molecule has 1 unspecified atom stereocenters. The molecule has 0 aliphatic carbocycles. The monoisotopic (exact) mass is 277 g/mol. The first-order valence-electron chi connectivity index (χ1n) is 6.34. The molecule has 0 fully saturated rings. The van der Waals surface area contributed by atoms with Gasteiger partial charge >= 0.3 is 0 Å². The average molecular weight is 277 g/mol. The summed E-state index contributed by atoms with van der Waals surface area (Å²) in [6, 6.07) is 8.75. The van der Waals surface area contributed by atoms with Crippen LogP contribution in [-0.2, 0) is 6.42 Å². The molecule has 0 saturated heterocycles. The highest BCUT2D eigenvalue weighted by Gasteiger charge is 2.12. The highest BCUT2D eigenvalue weighted by Crippen LogP contribution is 2.24. The van der Waals surface area contributed by atoms with Crippen molar-refractivity contribution in [2.75, 3.05) is 7.11 Å². The van der Waals surface area contributed by atoms with Crippen LogP contribution in [0.15, 0.2) is 36.4 Å². The van der Waals surface area contributed by atoms with Crippen LogP contribution in [0.3, 0.4) is 0 Å². The van der Waals surface area contributed by atoms with E-state index in [0.29, 0.717) is 12.0 Å². The fraction of sp³-hybridized carbons (Fsp3) is 0.250. The maximum Gasteiger partial charge on any atom is 0.126 e. The van der Waals surface area contributed by atoms with E-state index < -0.39 is 11.6 Å². The van der Waals surface area contributed by atoms with Crippen LogP contribution < -0.4 is 10.5 Å². The Bertz CT molecular complexity index is 593. The maximum atomic E-state index is 13.2. The summed E-state index contributed by atoms with van der Waals surface area (Å²) in [6.07, 6.45) is 0.377. The van der Waals surface area contributed by atoms with Gasteiger partial charge in [0.1, 0.15) is 17.4 Å². The van der Waals surface area contributed by atoms with E-state index in [0.717, 1.165) is 22.9 Å². The predicted octanol–water partition coefficient (Wildman–Crippen LogP) is 3.52. The third kappa shape index (κ3) is 3.33. The third-order valence-electron chi connectivity index (χ3n) is 3.25. The van der Waals surface area contributed by atoms with Crippen molar-refractivity contribution < 1.29 is 13.5 Å². The summed E-state index contributed by atoms with van der Waals surface area (Å²) in [5.74, 6) is -0.410. The van der Waals surface area contributed by atoms with E-state index in [1.54, 1.807) is 7.11 Å². The molecule has 1 atom stereocenters. The minimum atomic E-state index is -0.585. The summed E-state index contributed by atoms with van der Waals surface area (Å²) in [7, 11) is 1.60. The zero-order valence-corrected chi connectivity index (χ0v) is 11.5. The van der Waals surface area contributed by atoms with Crippen LogP contribution in [0.1, 0.15) is 22.7 Å². The van der Waals surface area contributed by atoms with Gasteiger partial charge in [0.25, 0.3) is 0 Å². The van der Waals surface area contributed by atoms with Crippen LogP contribution in [0.2, 0.25) is 0 Å². The van der Waals surface area contributed by atoms with Crippen molar-refractivity contribution >= 4 is 0 Å². The van der Waals surface area contributed by atoms with Crippen molar-refractivity contribution in [2.24, 2.45) is 5.73 Å². The largest absolute Gasteiger partial charge is 0.497 e. The Morgan fingerprint density at radius 1 is 1.10 bits per heavy atom. The van der Waals surface area contributed by atoms with Crippen LogP contribution in [0.5, 0.6) is 5.75 Å². The lowest BCUT2D eigenvalue weighted by molar-refractivity contribution is 0.414. The number of hydrogen-bond donors (Lipinski definition) is 1. The van der Waals surface area contributed by atoms with Crippen LogP contribution in [0.25, 0.3) is 0 Å². The van der Waals surface area contributed by atoms with E-state index in [2.05, 4.69) is 0 Å². The van der Waals surface area contributed by atoms with Gasteiger partial charge in [-0.1, -0.05) is 6.07 Å². The summed E-state index contributed by atoms with van der Waals surface area (Å²) < 4.78 is 31.5. The summed E-state index contributed by atoms with van der Waals surface area (Å²) >= 11 is 0. The number of hydrogen-bond acceptors (Lipinski definition) is 2. The molecule has 2 rings (SSSR count). The van der Waals surface area contributed by atoms with Crippen molar-refractivity contribution in [3.05, 3.63) is 64.7 Å². The smallest absolute Gasteiger partial charge is 0.126 e. The van der Waals surface area contributed by atoms with Gasteiger partial charge in [-0.15, -0.1) is 0 Å². The van der Waals surface area contributed by atoms with Gasteiger partial charge in [-0.25, -0.2) is 8.78 Å². The topological polar surface area (TPSA) is 35.2 Å². The molecule has 2 N–H and O–H groups in total. The second-order valence-corrected chi connectivity index (χ2v) is 4.81. The van der Waals surface area contributed by atoms with Gasteiger partial charge in [0.15, 0.2) is 0 Å². The molecule has 20 heavy (non-hydrogen) atoms. The number of rotatable bonds is 4. The van der Waals surface area contributed by atoms with Gasteiger partial charge in [-0.3, -0.25) is 0 Å². The second kappa shape index (κ2) is 6.01. The molecule has 0 amide bonds. The normalized spacial score (nSPS) is 12.2. The highest BCUT2D eigenvalue weighted by atomic mass is 19.1. The molecule has 4 heteroatoms. The molecule has 2 aromatic rings. The van der Waals surface area contributed by atoms with Gasteiger partial charge < -0.3 is 10.5 Å². The predicted molar refractivity (Wildman–Crippen MR) is 74.7 cm³/mol. The molecule has 2 nitrogen and oxygen atoms in total. The quantitative estimate of drug-likeness (QED) is 0.928. The Labute approximate surface area is 117 Å². The Balaban J connectivity index is 2.21. The Hall–Kier alpha value is -1.94. The first-order chi connectivity index (χ1) is 9.49. The number of ether oxygens (including phenoxy) is 1. The maximum absolute atomic E-state index is 13.2. The van der Waals surface area contributed by atoms with Crippen molar-refractivity contribution in [1.82, 2.24) is 0 Å². The molecule has 0 aromatic heterocycles. The van der Waals surface area contributed by atoms with E-state index in [4.69, 9.17) is 10.5 Å². The first-order valence-corrected chi connectivity index (χ1v) is 6.34. The zero-order chi connectivity index (χ0) is 14.7. The van der Waals surface area contributed by atoms with Crippen LogP contribution in [0, 0.1) is 18.6 Å². The van der Waals surface area contributed by atoms with Crippen molar-refractivity contribution in [3.63, 3.8) is 0 Å². The highest BCUT2D eigenvalue weighted by molar-refractivity contribution is 5.37. The number of methoxy groups -OCH3 is 1. The molecule has 106 valence electrons. The lowest BCUT2D eigenvalue weighted by Crippen LogP contribution is -2.15. The van der Waals surface area contributed by atoms with Gasteiger partial charge in [0, 0.05) is 12.1 Å². The molecule has 0 bridgehead atoms. The van der Waals surface area contributed by atoms with Gasteiger partial charge in [-0.05, 0) is 54.3 Å². The fourth-order valence-electron chi connectivity index (χ4n) is 2.28. The second-order valence-electron chi connectivity index (χ2n) is 4.81. The molecule has 0 radical (unpaired) electrons. The van der Waals surface area contributed by atoms with Gasteiger partial charge in [0.05, 0.1) is 7.11 Å². The Morgan fingerprint density at radius 3 is 2.30 bits per heavy atom. The van der Waals surface area contributed by atoms with Crippen LogP contribution in [0.4, 0.5) is 8.78 Å². The van der Waals surface area contributed by atoms with E-state index in [1.165, 1.54) is 12.1 Å². The van der Waals surface area contributed by atoms with E-state index in [9.17, 15) is 8.78 Å². The zero-order valence-electron chi connectivity index (χ0n) is 11.5. The van der Waals surface area contributed by atoms with Crippen LogP contribution >= 0.6 is 0 Å². The summed E-state index contributed by atoms with van der Waals surface area (Å²) in [4.78, 5) is 0. The minimum absolute atomic E-state index is 0.317. The van der Waals surface area contributed by atoms with Crippen molar-refractivity contribution in [1.29, 1.82) is 0 Å². The lowest BCUT2D eigenvalue weighted by atomic mass is 9.96. The number of nitrogens with two attached hydrogens (primary N) is 1. The Kier molecular flexibility index (Phi) is 4.35. The SMILES string of the molecule is COc1ccc(C(N)Cc2cc(F)cc(F)c2)c(C)c1. The lowest BCUT2D eigenvalue weighted by Gasteiger charge is -2.16. The summed E-state index contributed by atoms with van der Waals surface area (Å²) in [5.41, 5.74) is 8.61. The third-order valence-corrected chi connectivity index (χ3v) is 3.25. The Morgan fingerprint density at radius 2 is 1.75 bits per heavy atom. The number of aryl methyl sites for hydroxylation is 1. The molecule has 0 aliphatic heterocycles. The molecular weight excluding hydrogens is 260 g/mol. The van der Waals surface area contributed by atoms with Gasteiger partial charge in [0.2, 0.25) is 0 Å². The molecule has 0 aliphatic rings. The number of benzene rings is 2.